The number of nitrogen functional groups attached to an aromatic ring is 1. The van der Waals surface area contributed by atoms with Gasteiger partial charge in [-0.25, -0.2) is 18.4 Å². The number of hydrogen-bond acceptors (Lipinski definition) is 8. The molecule has 0 aliphatic heterocycles. The lowest BCUT2D eigenvalue weighted by Gasteiger charge is -2.14. The Labute approximate surface area is 161 Å². The van der Waals surface area contributed by atoms with E-state index >= 15 is 0 Å². The Morgan fingerprint density at radius 2 is 1.74 bits per heavy atom. The van der Waals surface area contributed by atoms with E-state index in [2.05, 4.69) is 30.3 Å². The van der Waals surface area contributed by atoms with Crippen LogP contribution in [0, 0.1) is 0 Å². The molecular formula is C16H16ClN7O2S. The molecule has 0 spiro atoms. The number of aromatic nitrogens is 3. The van der Waals surface area contributed by atoms with Crippen molar-refractivity contribution in [2.75, 3.05) is 27.3 Å². The van der Waals surface area contributed by atoms with Gasteiger partial charge in [0.05, 0.1) is 23.8 Å². The van der Waals surface area contributed by atoms with Gasteiger partial charge in [-0.15, -0.1) is 0 Å². The number of nitrogens with zero attached hydrogens (tertiary/aromatic N) is 3. The summed E-state index contributed by atoms with van der Waals surface area (Å²) in [6.45, 7) is 0. The fraction of sp³-hybridized carbons (Fsp3) is 0.0625. The maximum atomic E-state index is 11.5. The van der Waals surface area contributed by atoms with Crippen LogP contribution in [0.3, 0.4) is 0 Å². The summed E-state index contributed by atoms with van der Waals surface area (Å²) < 4.78 is 25.5. The predicted octanol–water partition coefficient (Wildman–Crippen LogP) is 2.97. The lowest BCUT2D eigenvalue weighted by atomic mass is 10.2. The second-order valence-electron chi connectivity index (χ2n) is 5.51. The molecule has 1 aromatic carbocycles. The van der Waals surface area contributed by atoms with Crippen LogP contribution in [0.5, 0.6) is 0 Å². The second kappa shape index (κ2) is 7.64. The van der Waals surface area contributed by atoms with Crippen LogP contribution in [0.2, 0.25) is 5.02 Å². The maximum Gasteiger partial charge on any atom is 0.230 e. The number of nitrogens with one attached hydrogen (secondary N) is 3. The molecule has 0 unspecified atom stereocenters. The molecule has 5 N–H and O–H groups in total. The van der Waals surface area contributed by atoms with Crippen LogP contribution < -0.4 is 21.1 Å². The molecule has 0 saturated carbocycles. The SMILES string of the molecule is CS(=O)(=O)Nc1ccccc1Nc1nc(Nc2cccc(N)n2)ncc1Cl. The maximum absolute atomic E-state index is 11.5. The molecule has 0 radical (unpaired) electrons. The number of sulfonamides is 1. The highest BCUT2D eigenvalue weighted by Crippen LogP contribution is 2.29. The number of rotatable bonds is 6. The van der Waals surface area contributed by atoms with Crippen LogP contribution in [0.4, 0.5) is 34.8 Å². The molecule has 3 rings (SSSR count). The fourth-order valence-corrected chi connectivity index (χ4v) is 2.87. The van der Waals surface area contributed by atoms with E-state index in [1.165, 1.54) is 6.20 Å². The minimum atomic E-state index is -3.44. The molecule has 0 atom stereocenters. The normalized spacial score (nSPS) is 11.0. The summed E-state index contributed by atoms with van der Waals surface area (Å²) in [5.41, 5.74) is 6.50. The quantitative estimate of drug-likeness (QED) is 0.491. The highest BCUT2D eigenvalue weighted by Gasteiger charge is 2.11. The average molecular weight is 406 g/mol. The summed E-state index contributed by atoms with van der Waals surface area (Å²) in [7, 11) is -3.44. The van der Waals surface area contributed by atoms with Crippen molar-refractivity contribution in [3.05, 3.63) is 53.7 Å². The first-order chi connectivity index (χ1) is 12.8. The summed E-state index contributed by atoms with van der Waals surface area (Å²) in [6.07, 6.45) is 2.49. The van der Waals surface area contributed by atoms with Crippen molar-refractivity contribution >= 4 is 56.4 Å². The largest absolute Gasteiger partial charge is 0.384 e. The Kier molecular flexibility index (Phi) is 5.28. The molecule has 0 aliphatic carbocycles. The second-order valence-corrected chi connectivity index (χ2v) is 7.66. The van der Waals surface area contributed by atoms with Gasteiger partial charge < -0.3 is 16.4 Å². The molecule has 140 valence electrons. The number of benzene rings is 1. The van der Waals surface area contributed by atoms with Crippen molar-refractivity contribution in [3.8, 4) is 0 Å². The molecule has 0 aliphatic rings. The third-order valence-corrected chi connectivity index (χ3v) is 4.10. The van der Waals surface area contributed by atoms with Crippen molar-refractivity contribution in [3.63, 3.8) is 0 Å². The Bertz CT molecular complexity index is 1080. The number of nitrogens with two attached hydrogens (primary N) is 1. The van der Waals surface area contributed by atoms with Crippen LogP contribution in [0.15, 0.2) is 48.7 Å². The Hall–Kier alpha value is -3.11. The first-order valence-corrected chi connectivity index (χ1v) is 9.93. The number of para-hydroxylation sites is 2. The van der Waals surface area contributed by atoms with Crippen LogP contribution >= 0.6 is 11.6 Å². The summed E-state index contributed by atoms with van der Waals surface area (Å²) >= 11 is 6.17. The molecule has 0 fully saturated rings. The van der Waals surface area contributed by atoms with Gasteiger partial charge in [0.25, 0.3) is 0 Å². The van der Waals surface area contributed by atoms with E-state index in [1.807, 2.05) is 0 Å². The van der Waals surface area contributed by atoms with Crippen LogP contribution in [-0.4, -0.2) is 29.6 Å². The van der Waals surface area contributed by atoms with Crippen LogP contribution in [0.25, 0.3) is 0 Å². The number of pyridine rings is 1. The van der Waals surface area contributed by atoms with Crippen molar-refractivity contribution in [2.24, 2.45) is 0 Å². The van der Waals surface area contributed by atoms with Gasteiger partial charge in [-0.05, 0) is 24.3 Å². The Morgan fingerprint density at radius 1 is 1.00 bits per heavy atom. The van der Waals surface area contributed by atoms with Crippen molar-refractivity contribution in [1.29, 1.82) is 0 Å². The van der Waals surface area contributed by atoms with Crippen LogP contribution in [-0.2, 0) is 10.0 Å². The van der Waals surface area contributed by atoms with Gasteiger partial charge in [-0.3, -0.25) is 4.72 Å². The summed E-state index contributed by atoms with van der Waals surface area (Å²) in [5.74, 6) is 1.37. The first kappa shape index (κ1) is 18.7. The highest BCUT2D eigenvalue weighted by atomic mass is 35.5. The molecule has 2 heterocycles. The smallest absolute Gasteiger partial charge is 0.230 e. The highest BCUT2D eigenvalue weighted by molar-refractivity contribution is 7.92. The van der Waals surface area contributed by atoms with Gasteiger partial charge in [-0.1, -0.05) is 29.8 Å². The minimum absolute atomic E-state index is 0.244. The fourth-order valence-electron chi connectivity index (χ4n) is 2.16. The summed E-state index contributed by atoms with van der Waals surface area (Å²) in [4.78, 5) is 12.5. The number of halogens is 1. The topological polar surface area (TPSA) is 135 Å². The lowest BCUT2D eigenvalue weighted by Crippen LogP contribution is -2.11. The number of hydrogen-bond donors (Lipinski definition) is 4. The molecular weight excluding hydrogens is 390 g/mol. The van der Waals surface area contributed by atoms with E-state index in [1.54, 1.807) is 42.5 Å². The number of anilines is 6. The van der Waals surface area contributed by atoms with Crippen molar-refractivity contribution in [2.45, 2.75) is 0 Å². The third-order valence-electron chi connectivity index (χ3n) is 3.23. The zero-order chi connectivity index (χ0) is 19.4. The van der Waals surface area contributed by atoms with Gasteiger partial charge >= 0.3 is 0 Å². The van der Waals surface area contributed by atoms with E-state index < -0.39 is 10.0 Å². The van der Waals surface area contributed by atoms with Gasteiger partial charge in [0, 0.05) is 0 Å². The first-order valence-electron chi connectivity index (χ1n) is 7.66. The monoisotopic (exact) mass is 405 g/mol. The van der Waals surface area contributed by atoms with E-state index in [0.717, 1.165) is 6.26 Å². The lowest BCUT2D eigenvalue weighted by molar-refractivity contribution is 0.607. The average Bonchev–Trinajstić information content (AvgIpc) is 2.58. The Balaban J connectivity index is 1.88. The standard InChI is InChI=1S/C16H16ClN7O2S/c1-27(25,26)24-12-6-3-2-5-11(12)20-15-10(17)9-19-16(23-15)22-14-8-4-7-13(18)21-14/h2-9,24H,1H3,(H4,18,19,20,21,22,23). The zero-order valence-electron chi connectivity index (χ0n) is 14.1. The van der Waals surface area contributed by atoms with Gasteiger partial charge in [0.2, 0.25) is 16.0 Å². The van der Waals surface area contributed by atoms with E-state index in [0.29, 0.717) is 28.8 Å². The summed E-state index contributed by atoms with van der Waals surface area (Å²) in [5, 5.41) is 6.19. The molecule has 27 heavy (non-hydrogen) atoms. The molecule has 0 amide bonds. The van der Waals surface area contributed by atoms with Crippen LogP contribution in [0.1, 0.15) is 0 Å². The van der Waals surface area contributed by atoms with Crippen molar-refractivity contribution in [1.82, 2.24) is 15.0 Å². The zero-order valence-corrected chi connectivity index (χ0v) is 15.7. The van der Waals surface area contributed by atoms with E-state index in [9.17, 15) is 8.42 Å². The van der Waals surface area contributed by atoms with Gasteiger partial charge in [-0.2, -0.15) is 4.98 Å². The summed E-state index contributed by atoms with van der Waals surface area (Å²) in [6, 6.07) is 11.9. The van der Waals surface area contributed by atoms with Gasteiger partial charge in [0.1, 0.15) is 16.7 Å². The van der Waals surface area contributed by atoms with E-state index in [-0.39, 0.29) is 11.0 Å². The molecule has 9 nitrogen and oxygen atoms in total. The minimum Gasteiger partial charge on any atom is -0.384 e. The predicted molar refractivity (Wildman–Crippen MR) is 107 cm³/mol. The van der Waals surface area contributed by atoms with Crippen molar-refractivity contribution < 1.29 is 8.42 Å². The van der Waals surface area contributed by atoms with Gasteiger partial charge in [0.15, 0.2) is 5.82 Å². The molecule has 2 aromatic heterocycles. The molecule has 0 saturated heterocycles. The van der Waals surface area contributed by atoms with E-state index in [4.69, 9.17) is 17.3 Å². The molecule has 3 aromatic rings. The molecule has 11 heteroatoms. The molecule has 0 bridgehead atoms. The third kappa shape index (κ3) is 5.19. The Morgan fingerprint density at radius 3 is 2.44 bits per heavy atom.